The van der Waals surface area contributed by atoms with Crippen molar-refractivity contribution >= 4 is 34.8 Å². The predicted molar refractivity (Wildman–Crippen MR) is 62.7 cm³/mol. The smallest absolute Gasteiger partial charge is 0.256 e. The average molecular weight is 241 g/mol. The molecule has 0 spiro atoms. The van der Waals surface area contributed by atoms with Crippen LogP contribution in [0.1, 0.15) is 12.5 Å². The summed E-state index contributed by atoms with van der Waals surface area (Å²) in [7, 11) is 0. The number of amides is 1. The van der Waals surface area contributed by atoms with Gasteiger partial charge in [0.05, 0.1) is 0 Å². The fraction of sp³-hybridized carbons (Fsp3) is 0.200. The van der Waals surface area contributed by atoms with Crippen LogP contribution in [0.25, 0.3) is 0 Å². The van der Waals surface area contributed by atoms with Gasteiger partial charge in [0.25, 0.3) is 5.91 Å². The summed E-state index contributed by atoms with van der Waals surface area (Å²) in [5.74, 6) is -0.158. The number of carbonyl (C=O) groups excluding carboxylic acids is 1. The number of benzene rings is 1. The van der Waals surface area contributed by atoms with Crippen molar-refractivity contribution in [2.75, 3.05) is 0 Å². The molecule has 1 aliphatic heterocycles. The van der Waals surface area contributed by atoms with Crippen LogP contribution in [-0.2, 0) is 10.3 Å². The zero-order valence-electron chi connectivity index (χ0n) is 8.00. The molecule has 3 nitrogen and oxygen atoms in total. The van der Waals surface area contributed by atoms with E-state index in [1.165, 1.54) is 0 Å². The number of halogens is 1. The van der Waals surface area contributed by atoms with Crippen LogP contribution in [0.5, 0.6) is 0 Å². The summed E-state index contributed by atoms with van der Waals surface area (Å²) in [5.41, 5.74) is -0.0190. The quantitative estimate of drug-likeness (QED) is 0.732. The first kappa shape index (κ1) is 10.4. The van der Waals surface area contributed by atoms with E-state index in [0.717, 1.165) is 5.56 Å². The number of hydrogen-bond acceptors (Lipinski definition) is 2. The van der Waals surface area contributed by atoms with Gasteiger partial charge in [0, 0.05) is 5.02 Å². The van der Waals surface area contributed by atoms with Crippen molar-refractivity contribution < 1.29 is 4.79 Å². The van der Waals surface area contributed by atoms with Crippen molar-refractivity contribution in [1.29, 1.82) is 0 Å². The third kappa shape index (κ3) is 1.70. The zero-order chi connectivity index (χ0) is 11.1. The maximum atomic E-state index is 11.7. The van der Waals surface area contributed by atoms with E-state index in [4.69, 9.17) is 23.8 Å². The number of carbonyl (C=O) groups is 1. The highest BCUT2D eigenvalue weighted by Gasteiger charge is 2.41. The highest BCUT2D eigenvalue weighted by atomic mass is 35.5. The summed E-state index contributed by atoms with van der Waals surface area (Å²) in [6.45, 7) is 1.77. The summed E-state index contributed by atoms with van der Waals surface area (Å²) in [5, 5.41) is 6.45. The van der Waals surface area contributed by atoms with E-state index in [1.807, 2.05) is 6.07 Å². The van der Waals surface area contributed by atoms with Crippen molar-refractivity contribution in [1.82, 2.24) is 10.6 Å². The highest BCUT2D eigenvalue weighted by Crippen LogP contribution is 2.26. The van der Waals surface area contributed by atoms with Crippen LogP contribution in [-0.4, -0.2) is 11.0 Å². The molecule has 1 amide bonds. The molecule has 0 aliphatic carbocycles. The number of hydrogen-bond donors (Lipinski definition) is 2. The van der Waals surface area contributed by atoms with E-state index in [-0.39, 0.29) is 5.91 Å². The largest absolute Gasteiger partial charge is 0.345 e. The lowest BCUT2D eigenvalue weighted by molar-refractivity contribution is -0.123. The van der Waals surface area contributed by atoms with Gasteiger partial charge in [-0.2, -0.15) is 0 Å². The number of rotatable bonds is 1. The van der Waals surface area contributed by atoms with Gasteiger partial charge >= 0.3 is 0 Å². The van der Waals surface area contributed by atoms with Gasteiger partial charge in [-0.05, 0) is 36.8 Å². The number of thiocarbonyl (C=S) groups is 1. The monoisotopic (exact) mass is 240 g/mol. The normalized spacial score (nSPS) is 24.9. The van der Waals surface area contributed by atoms with Crippen molar-refractivity contribution in [2.45, 2.75) is 12.5 Å². The van der Waals surface area contributed by atoms with E-state index >= 15 is 0 Å². The number of nitrogens with one attached hydrogen (secondary N) is 2. The Morgan fingerprint density at radius 1 is 1.47 bits per heavy atom. The summed E-state index contributed by atoms with van der Waals surface area (Å²) in [4.78, 5) is 11.7. The van der Waals surface area contributed by atoms with Crippen molar-refractivity contribution in [3.8, 4) is 0 Å². The van der Waals surface area contributed by atoms with Gasteiger partial charge in [-0.15, -0.1) is 0 Å². The van der Waals surface area contributed by atoms with Crippen LogP contribution in [0.4, 0.5) is 0 Å². The molecule has 0 saturated carbocycles. The summed E-state index contributed by atoms with van der Waals surface area (Å²) in [6, 6.07) is 7.16. The first-order chi connectivity index (χ1) is 7.02. The summed E-state index contributed by atoms with van der Waals surface area (Å²) >= 11 is 10.8. The molecule has 2 rings (SSSR count). The van der Waals surface area contributed by atoms with Crippen molar-refractivity contribution in [3.63, 3.8) is 0 Å². The SMILES string of the molecule is CC1(c2cccc(Cl)c2)NC(=S)NC1=O. The second-order valence-corrected chi connectivity index (χ2v) is 4.39. The Balaban J connectivity index is 2.46. The molecule has 2 N–H and O–H groups in total. The molecule has 0 aromatic heterocycles. The third-order valence-electron chi connectivity index (χ3n) is 2.45. The Bertz CT molecular complexity index is 449. The molecule has 1 unspecified atom stereocenters. The minimum Gasteiger partial charge on any atom is -0.345 e. The molecule has 0 radical (unpaired) electrons. The molecule has 5 heteroatoms. The van der Waals surface area contributed by atoms with Crippen LogP contribution in [0, 0.1) is 0 Å². The molecule has 78 valence electrons. The Morgan fingerprint density at radius 3 is 2.73 bits per heavy atom. The van der Waals surface area contributed by atoms with E-state index < -0.39 is 5.54 Å². The first-order valence-electron chi connectivity index (χ1n) is 4.42. The minimum absolute atomic E-state index is 0.158. The Labute approximate surface area is 97.8 Å². The highest BCUT2D eigenvalue weighted by molar-refractivity contribution is 7.80. The Morgan fingerprint density at radius 2 is 2.20 bits per heavy atom. The van der Waals surface area contributed by atoms with Gasteiger partial charge in [-0.3, -0.25) is 4.79 Å². The molecule has 15 heavy (non-hydrogen) atoms. The molecule has 1 heterocycles. The molecule has 1 aromatic carbocycles. The van der Waals surface area contributed by atoms with Gasteiger partial charge in [0.2, 0.25) is 0 Å². The molecule has 1 aromatic rings. The lowest BCUT2D eigenvalue weighted by Crippen LogP contribution is -2.40. The maximum absolute atomic E-state index is 11.7. The molecule has 1 fully saturated rings. The Kier molecular flexibility index (Phi) is 2.40. The average Bonchev–Trinajstić information content (AvgIpc) is 2.42. The molecular weight excluding hydrogens is 232 g/mol. The fourth-order valence-electron chi connectivity index (χ4n) is 1.55. The topological polar surface area (TPSA) is 41.1 Å². The fourth-order valence-corrected chi connectivity index (χ4v) is 2.03. The van der Waals surface area contributed by atoms with Crippen molar-refractivity contribution in [2.24, 2.45) is 0 Å². The van der Waals surface area contributed by atoms with Crippen LogP contribution in [0.15, 0.2) is 24.3 Å². The van der Waals surface area contributed by atoms with Crippen LogP contribution in [0.2, 0.25) is 5.02 Å². The second kappa shape index (κ2) is 3.47. The lowest BCUT2D eigenvalue weighted by atomic mass is 9.92. The van der Waals surface area contributed by atoms with E-state index in [0.29, 0.717) is 10.1 Å². The van der Waals surface area contributed by atoms with E-state index in [2.05, 4.69) is 10.6 Å². The van der Waals surface area contributed by atoms with Crippen LogP contribution < -0.4 is 10.6 Å². The van der Waals surface area contributed by atoms with Gasteiger partial charge in [-0.25, -0.2) is 0 Å². The maximum Gasteiger partial charge on any atom is 0.256 e. The second-order valence-electron chi connectivity index (χ2n) is 3.54. The van der Waals surface area contributed by atoms with Crippen LogP contribution in [0.3, 0.4) is 0 Å². The minimum atomic E-state index is -0.817. The van der Waals surface area contributed by atoms with E-state index in [9.17, 15) is 4.79 Å². The zero-order valence-corrected chi connectivity index (χ0v) is 9.58. The standard InChI is InChI=1S/C10H9ClN2OS/c1-10(8(14)12-9(15)13-10)6-3-2-4-7(11)5-6/h2-5H,1H3,(H2,12,13,14,15). The van der Waals surface area contributed by atoms with Gasteiger partial charge < -0.3 is 10.6 Å². The predicted octanol–water partition coefficient (Wildman–Crippen LogP) is 1.56. The molecule has 1 saturated heterocycles. The van der Waals surface area contributed by atoms with Gasteiger partial charge in [0.15, 0.2) is 5.11 Å². The molecule has 1 aliphatic rings. The summed E-state index contributed by atoms with van der Waals surface area (Å²) < 4.78 is 0. The molecule has 1 atom stereocenters. The molecule has 0 bridgehead atoms. The van der Waals surface area contributed by atoms with Gasteiger partial charge in [-0.1, -0.05) is 23.7 Å². The Hall–Kier alpha value is -1.13. The van der Waals surface area contributed by atoms with Gasteiger partial charge in [0.1, 0.15) is 5.54 Å². The van der Waals surface area contributed by atoms with Crippen LogP contribution >= 0.6 is 23.8 Å². The summed E-state index contributed by atoms with van der Waals surface area (Å²) in [6.07, 6.45) is 0. The lowest BCUT2D eigenvalue weighted by Gasteiger charge is -2.21. The first-order valence-corrected chi connectivity index (χ1v) is 5.20. The van der Waals surface area contributed by atoms with Crippen molar-refractivity contribution in [3.05, 3.63) is 34.9 Å². The van der Waals surface area contributed by atoms with E-state index in [1.54, 1.807) is 25.1 Å². The third-order valence-corrected chi connectivity index (χ3v) is 2.89. The molecular formula is C10H9ClN2OS.